The molecule has 2 nitrogen and oxygen atoms in total. The molecule has 0 saturated carbocycles. The maximum atomic E-state index is 11.9. The van der Waals surface area contributed by atoms with Gasteiger partial charge in [0.2, 0.25) is 0 Å². The standard InChI is InChI=1S/C10H8ClF3O2/c11-9-6-8(16-10(12,13)14)4-3-7(9)2-1-5-15/h1-4,6,15H,5H2. The Bertz CT molecular complexity index is 388. The molecule has 0 unspecified atom stereocenters. The number of hydrogen-bond donors (Lipinski definition) is 1. The molecule has 0 radical (unpaired) electrons. The Morgan fingerprint density at radius 3 is 2.56 bits per heavy atom. The molecule has 0 aromatic heterocycles. The zero-order chi connectivity index (χ0) is 12.2. The van der Waals surface area contributed by atoms with Crippen molar-refractivity contribution in [3.63, 3.8) is 0 Å². The number of benzene rings is 1. The number of aliphatic hydroxyl groups is 1. The van der Waals surface area contributed by atoms with Crippen LogP contribution in [0.5, 0.6) is 5.75 Å². The third-order valence-electron chi connectivity index (χ3n) is 1.61. The summed E-state index contributed by atoms with van der Waals surface area (Å²) >= 11 is 5.71. The number of alkyl halides is 3. The van der Waals surface area contributed by atoms with E-state index in [0.717, 1.165) is 12.1 Å². The van der Waals surface area contributed by atoms with Gasteiger partial charge >= 0.3 is 6.36 Å². The predicted molar refractivity (Wildman–Crippen MR) is 54.3 cm³/mol. The van der Waals surface area contributed by atoms with Gasteiger partial charge in [-0.3, -0.25) is 0 Å². The minimum Gasteiger partial charge on any atom is -0.406 e. The monoisotopic (exact) mass is 252 g/mol. The molecule has 0 aliphatic carbocycles. The number of halogens is 4. The minimum absolute atomic E-state index is 0.117. The molecule has 6 heteroatoms. The fourth-order valence-corrected chi connectivity index (χ4v) is 1.25. The van der Waals surface area contributed by atoms with Crippen LogP contribution in [0, 0.1) is 0 Å². The molecule has 0 bridgehead atoms. The molecular weight excluding hydrogens is 245 g/mol. The van der Waals surface area contributed by atoms with Crippen molar-refractivity contribution in [2.75, 3.05) is 6.61 Å². The molecule has 0 fully saturated rings. The Morgan fingerprint density at radius 1 is 1.38 bits per heavy atom. The summed E-state index contributed by atoms with van der Waals surface area (Å²) in [5, 5.41) is 8.64. The molecule has 1 aromatic rings. The highest BCUT2D eigenvalue weighted by atomic mass is 35.5. The largest absolute Gasteiger partial charge is 0.573 e. The van der Waals surface area contributed by atoms with Gasteiger partial charge in [-0.15, -0.1) is 13.2 Å². The second kappa shape index (κ2) is 5.23. The molecule has 16 heavy (non-hydrogen) atoms. The summed E-state index contributed by atoms with van der Waals surface area (Å²) in [4.78, 5) is 0. The van der Waals surface area contributed by atoms with Crippen LogP contribution in [0.3, 0.4) is 0 Å². The van der Waals surface area contributed by atoms with Gasteiger partial charge in [-0.2, -0.15) is 0 Å². The van der Waals surface area contributed by atoms with Crippen molar-refractivity contribution in [1.29, 1.82) is 0 Å². The first-order chi connectivity index (χ1) is 7.42. The lowest BCUT2D eigenvalue weighted by Gasteiger charge is -2.09. The lowest BCUT2D eigenvalue weighted by Crippen LogP contribution is -2.17. The van der Waals surface area contributed by atoms with Crippen molar-refractivity contribution >= 4 is 17.7 Å². The van der Waals surface area contributed by atoms with Crippen LogP contribution in [0.15, 0.2) is 24.3 Å². The van der Waals surface area contributed by atoms with Crippen molar-refractivity contribution in [1.82, 2.24) is 0 Å². The van der Waals surface area contributed by atoms with E-state index in [9.17, 15) is 13.2 Å². The molecule has 0 saturated heterocycles. The fourth-order valence-electron chi connectivity index (χ4n) is 1.02. The Morgan fingerprint density at radius 2 is 2.06 bits per heavy atom. The topological polar surface area (TPSA) is 29.5 Å². The zero-order valence-electron chi connectivity index (χ0n) is 7.96. The summed E-state index contributed by atoms with van der Waals surface area (Å²) in [6, 6.07) is 3.58. The zero-order valence-corrected chi connectivity index (χ0v) is 8.72. The molecule has 1 N–H and O–H groups in total. The van der Waals surface area contributed by atoms with E-state index in [-0.39, 0.29) is 17.4 Å². The van der Waals surface area contributed by atoms with Crippen LogP contribution in [0.1, 0.15) is 5.56 Å². The van der Waals surface area contributed by atoms with E-state index < -0.39 is 6.36 Å². The van der Waals surface area contributed by atoms with E-state index in [1.54, 1.807) is 0 Å². The molecule has 0 aliphatic rings. The summed E-state index contributed by atoms with van der Waals surface area (Å²) in [5.74, 6) is -0.376. The lowest BCUT2D eigenvalue weighted by atomic mass is 10.2. The Labute approximate surface area is 94.9 Å². The van der Waals surface area contributed by atoms with Crippen LogP contribution in [0.25, 0.3) is 6.08 Å². The Hall–Kier alpha value is -1.20. The molecule has 88 valence electrons. The quantitative estimate of drug-likeness (QED) is 0.895. The van der Waals surface area contributed by atoms with E-state index in [1.807, 2.05) is 0 Å². The Kier molecular flexibility index (Phi) is 4.20. The van der Waals surface area contributed by atoms with E-state index in [4.69, 9.17) is 16.7 Å². The smallest absolute Gasteiger partial charge is 0.406 e. The van der Waals surface area contributed by atoms with Gasteiger partial charge in [0.1, 0.15) is 5.75 Å². The summed E-state index contributed by atoms with van der Waals surface area (Å²) in [6.07, 6.45) is -1.81. The SMILES string of the molecule is OCC=Cc1ccc(OC(F)(F)F)cc1Cl. The van der Waals surface area contributed by atoms with Crippen LogP contribution in [0.2, 0.25) is 5.02 Å². The molecule has 1 rings (SSSR count). The molecule has 0 aliphatic heterocycles. The highest BCUT2D eigenvalue weighted by Gasteiger charge is 2.31. The number of hydrogen-bond acceptors (Lipinski definition) is 2. The highest BCUT2D eigenvalue weighted by molar-refractivity contribution is 6.32. The average Bonchev–Trinajstić information content (AvgIpc) is 2.14. The van der Waals surface area contributed by atoms with Gasteiger partial charge in [-0.05, 0) is 23.8 Å². The molecule has 0 spiro atoms. The summed E-state index contributed by atoms with van der Waals surface area (Å²) in [6.45, 7) is -0.170. The number of rotatable bonds is 3. The summed E-state index contributed by atoms with van der Waals surface area (Å²) in [7, 11) is 0. The summed E-state index contributed by atoms with van der Waals surface area (Å²) in [5.41, 5.74) is 0.505. The second-order valence-electron chi connectivity index (χ2n) is 2.82. The van der Waals surface area contributed by atoms with Gasteiger partial charge in [0, 0.05) is 0 Å². The molecular formula is C10H8ClF3O2. The van der Waals surface area contributed by atoms with Crippen molar-refractivity contribution in [2.45, 2.75) is 6.36 Å². The van der Waals surface area contributed by atoms with Gasteiger partial charge in [-0.1, -0.05) is 23.8 Å². The lowest BCUT2D eigenvalue weighted by molar-refractivity contribution is -0.274. The molecule has 0 amide bonds. The normalized spacial score (nSPS) is 12.1. The predicted octanol–water partition coefficient (Wildman–Crippen LogP) is 3.24. The van der Waals surface area contributed by atoms with Crippen molar-refractivity contribution in [3.8, 4) is 5.75 Å². The molecule has 0 atom stereocenters. The average molecular weight is 253 g/mol. The fraction of sp³-hybridized carbons (Fsp3) is 0.200. The Balaban J connectivity index is 2.87. The van der Waals surface area contributed by atoms with Gasteiger partial charge in [0.05, 0.1) is 11.6 Å². The van der Waals surface area contributed by atoms with Gasteiger partial charge in [-0.25, -0.2) is 0 Å². The van der Waals surface area contributed by atoms with Crippen LogP contribution in [-0.4, -0.2) is 18.1 Å². The van der Waals surface area contributed by atoms with E-state index in [0.29, 0.717) is 5.56 Å². The van der Waals surface area contributed by atoms with Gasteiger partial charge in [0.15, 0.2) is 0 Å². The van der Waals surface area contributed by atoms with Crippen molar-refractivity contribution in [2.24, 2.45) is 0 Å². The number of aliphatic hydroxyl groups excluding tert-OH is 1. The van der Waals surface area contributed by atoms with Crippen molar-refractivity contribution < 1.29 is 23.0 Å². The first-order valence-electron chi connectivity index (χ1n) is 4.25. The van der Waals surface area contributed by atoms with E-state index in [2.05, 4.69) is 4.74 Å². The van der Waals surface area contributed by atoms with Crippen LogP contribution in [0.4, 0.5) is 13.2 Å². The molecule has 1 aromatic carbocycles. The highest BCUT2D eigenvalue weighted by Crippen LogP contribution is 2.28. The van der Waals surface area contributed by atoms with Crippen molar-refractivity contribution in [3.05, 3.63) is 34.9 Å². The van der Waals surface area contributed by atoms with Crippen LogP contribution >= 0.6 is 11.6 Å². The summed E-state index contributed by atoms with van der Waals surface area (Å²) < 4.78 is 39.3. The number of ether oxygens (including phenoxy) is 1. The maximum Gasteiger partial charge on any atom is 0.573 e. The van der Waals surface area contributed by atoms with E-state index >= 15 is 0 Å². The first kappa shape index (κ1) is 12.9. The van der Waals surface area contributed by atoms with Gasteiger partial charge in [0.25, 0.3) is 0 Å². The van der Waals surface area contributed by atoms with E-state index in [1.165, 1.54) is 18.2 Å². The second-order valence-corrected chi connectivity index (χ2v) is 3.22. The van der Waals surface area contributed by atoms with Crippen LogP contribution in [-0.2, 0) is 0 Å². The molecule has 0 heterocycles. The minimum atomic E-state index is -4.73. The first-order valence-corrected chi connectivity index (χ1v) is 4.63. The third kappa shape index (κ3) is 4.12. The van der Waals surface area contributed by atoms with Gasteiger partial charge < -0.3 is 9.84 Å². The van der Waals surface area contributed by atoms with Crippen LogP contribution < -0.4 is 4.74 Å². The maximum absolute atomic E-state index is 11.9. The third-order valence-corrected chi connectivity index (χ3v) is 1.94.